The minimum Gasteiger partial charge on any atom is -0.545 e. The summed E-state index contributed by atoms with van der Waals surface area (Å²) in [6, 6.07) is 0. The summed E-state index contributed by atoms with van der Waals surface area (Å²) >= 11 is 0. The van der Waals surface area contributed by atoms with E-state index >= 15 is 0 Å². The van der Waals surface area contributed by atoms with E-state index in [4.69, 9.17) is 18.9 Å². The lowest BCUT2D eigenvalue weighted by Crippen LogP contribution is -2.44. The fraction of sp³-hybridized carbons (Fsp3) is 0.845. The van der Waals surface area contributed by atoms with Gasteiger partial charge in [0.25, 0.3) is 0 Å². The molecule has 0 spiro atoms. The molecule has 2 atom stereocenters. The molecule has 0 aromatic rings. The fourth-order valence-electron chi connectivity index (χ4n) is 12.2. The molecule has 0 fully saturated rings. The number of aliphatic carboxylic acids is 1. The van der Waals surface area contributed by atoms with E-state index in [1.807, 2.05) is 21.1 Å². The summed E-state index contributed by atoms with van der Waals surface area (Å²) in [5.74, 6) is -2.25. The van der Waals surface area contributed by atoms with Crippen molar-refractivity contribution < 1.29 is 42.9 Å². The molecule has 0 aromatic carbocycles. The summed E-state index contributed by atoms with van der Waals surface area (Å²) in [6.45, 7) is 4.71. The Bertz CT molecular complexity index is 1710. The van der Waals surface area contributed by atoms with Crippen molar-refractivity contribution in [3.05, 3.63) is 60.8 Å². The monoisotopic (exact) mass is 1310 g/mol. The molecule has 93 heavy (non-hydrogen) atoms. The van der Waals surface area contributed by atoms with Crippen molar-refractivity contribution >= 4 is 17.9 Å². The first-order valence-electron chi connectivity index (χ1n) is 40.4. The highest BCUT2D eigenvalue weighted by molar-refractivity contribution is 5.70. The second kappa shape index (κ2) is 74.8. The number of unbranched alkanes of at least 4 members (excludes halogenated alkanes) is 51. The van der Waals surface area contributed by atoms with Crippen LogP contribution in [0.4, 0.5) is 0 Å². The Morgan fingerprint density at radius 2 is 0.613 bits per heavy atom. The highest BCUT2D eigenvalue weighted by Crippen LogP contribution is 2.20. The molecule has 544 valence electrons. The van der Waals surface area contributed by atoms with Crippen LogP contribution in [0.2, 0.25) is 0 Å². The average Bonchev–Trinajstić information content (AvgIpc) is 3.38. The minimum atomic E-state index is -1.62. The second-order valence-corrected chi connectivity index (χ2v) is 28.7. The zero-order valence-corrected chi connectivity index (χ0v) is 62.4. The van der Waals surface area contributed by atoms with Crippen LogP contribution in [0, 0.1) is 0 Å². The normalized spacial score (nSPS) is 12.9. The summed E-state index contributed by atoms with van der Waals surface area (Å²) in [6.07, 6.45) is 96.4. The molecule has 0 bridgehead atoms. The van der Waals surface area contributed by atoms with Gasteiger partial charge in [0.2, 0.25) is 0 Å². The molecule has 0 rings (SSSR count). The van der Waals surface area contributed by atoms with Crippen molar-refractivity contribution in [2.75, 3.05) is 47.5 Å². The summed E-state index contributed by atoms with van der Waals surface area (Å²) in [4.78, 5) is 37.6. The van der Waals surface area contributed by atoms with E-state index in [1.54, 1.807) is 0 Å². The molecule has 0 heterocycles. The van der Waals surface area contributed by atoms with E-state index in [0.717, 1.165) is 70.6 Å². The first kappa shape index (κ1) is 90.0. The Morgan fingerprint density at radius 1 is 0.333 bits per heavy atom. The van der Waals surface area contributed by atoms with Crippen molar-refractivity contribution in [3.8, 4) is 0 Å². The van der Waals surface area contributed by atoms with Gasteiger partial charge in [-0.15, -0.1) is 0 Å². The van der Waals surface area contributed by atoms with E-state index in [9.17, 15) is 19.5 Å². The van der Waals surface area contributed by atoms with Gasteiger partial charge in [-0.2, -0.15) is 0 Å². The molecule has 0 N–H and O–H groups in total. The number of quaternary nitrogens is 1. The maximum atomic E-state index is 13.0. The maximum absolute atomic E-state index is 13.0. The number of allylic oxidation sites excluding steroid dienone is 10. The largest absolute Gasteiger partial charge is 0.545 e. The Balaban J connectivity index is 3.96. The smallest absolute Gasteiger partial charge is 0.306 e. The van der Waals surface area contributed by atoms with Crippen molar-refractivity contribution in [1.29, 1.82) is 0 Å². The summed E-state index contributed by atoms with van der Waals surface area (Å²) < 4.78 is 22.9. The number of ether oxygens (including phenoxy) is 4. The minimum absolute atomic E-state index is 0.151. The molecule has 9 nitrogen and oxygen atoms in total. The SMILES string of the molecule is CC/C=C\C/C=C\C/C=C\C/C=C\C/C=C\CCCCCCCCCCCCCCCCCCCCCCCCCC(=O)OC(COC(=O)CCCCCCCCCCCCCCCCCCCCCCCCCCCCCCC)COC(OCC[N+](C)(C)C)C(=O)[O-]. The third-order valence-corrected chi connectivity index (χ3v) is 18.3. The molecule has 0 aliphatic carbocycles. The number of carbonyl (C=O) groups excluding carboxylic acids is 3. The number of esters is 2. The fourth-order valence-corrected chi connectivity index (χ4v) is 12.2. The molecule has 9 heteroatoms. The van der Waals surface area contributed by atoms with Gasteiger partial charge in [-0.25, -0.2) is 0 Å². The zero-order valence-electron chi connectivity index (χ0n) is 62.4. The number of carboxylic acid groups (broad SMARTS) is 1. The lowest BCUT2D eigenvalue weighted by atomic mass is 10.0. The van der Waals surface area contributed by atoms with Gasteiger partial charge in [-0.05, 0) is 57.8 Å². The predicted octanol–water partition coefficient (Wildman–Crippen LogP) is 24.5. The topological polar surface area (TPSA) is 111 Å². The molecule has 0 aliphatic heterocycles. The highest BCUT2D eigenvalue weighted by atomic mass is 16.7. The van der Waals surface area contributed by atoms with Crippen molar-refractivity contribution in [2.24, 2.45) is 0 Å². The van der Waals surface area contributed by atoms with Crippen molar-refractivity contribution in [2.45, 2.75) is 411 Å². The molecule has 0 radical (unpaired) electrons. The quantitative estimate of drug-likeness (QED) is 0.0195. The van der Waals surface area contributed by atoms with Gasteiger partial charge >= 0.3 is 11.9 Å². The highest BCUT2D eigenvalue weighted by Gasteiger charge is 2.22. The van der Waals surface area contributed by atoms with Crippen LogP contribution in [-0.4, -0.2) is 82.3 Å². The third-order valence-electron chi connectivity index (χ3n) is 18.3. The Hall–Kier alpha value is -3.01. The van der Waals surface area contributed by atoms with Crippen LogP contribution in [0.1, 0.15) is 399 Å². The van der Waals surface area contributed by atoms with Crippen LogP contribution in [0.5, 0.6) is 0 Å². The van der Waals surface area contributed by atoms with Gasteiger partial charge in [0.1, 0.15) is 13.2 Å². The van der Waals surface area contributed by atoms with Gasteiger partial charge in [0.15, 0.2) is 12.4 Å². The van der Waals surface area contributed by atoms with Crippen molar-refractivity contribution in [3.63, 3.8) is 0 Å². The van der Waals surface area contributed by atoms with Gasteiger partial charge in [-0.1, -0.05) is 389 Å². The molecule has 2 unspecified atom stereocenters. The molecule has 0 aromatic heterocycles. The van der Waals surface area contributed by atoms with Gasteiger partial charge < -0.3 is 33.3 Å². The zero-order chi connectivity index (χ0) is 67.5. The molecule has 0 aliphatic rings. The molecular formula is C84H155NO8. The Kier molecular flexibility index (Phi) is 72.4. The van der Waals surface area contributed by atoms with Gasteiger partial charge in [0, 0.05) is 12.8 Å². The van der Waals surface area contributed by atoms with Crippen LogP contribution in [-0.2, 0) is 33.3 Å². The van der Waals surface area contributed by atoms with Crippen LogP contribution < -0.4 is 5.11 Å². The maximum Gasteiger partial charge on any atom is 0.306 e. The average molecular weight is 1310 g/mol. The number of carboxylic acids is 1. The number of hydrogen-bond acceptors (Lipinski definition) is 8. The summed E-state index contributed by atoms with van der Waals surface area (Å²) in [5, 5.41) is 11.9. The van der Waals surface area contributed by atoms with E-state index in [2.05, 4.69) is 74.6 Å². The van der Waals surface area contributed by atoms with Crippen molar-refractivity contribution in [1.82, 2.24) is 0 Å². The first-order chi connectivity index (χ1) is 45.6. The van der Waals surface area contributed by atoms with Crippen LogP contribution >= 0.6 is 0 Å². The van der Waals surface area contributed by atoms with E-state index in [-0.39, 0.29) is 32.2 Å². The Morgan fingerprint density at radius 3 is 0.914 bits per heavy atom. The van der Waals surface area contributed by atoms with Gasteiger partial charge in [-0.3, -0.25) is 9.59 Å². The number of rotatable bonds is 76. The summed E-state index contributed by atoms with van der Waals surface area (Å²) in [5.41, 5.74) is 0. The lowest BCUT2D eigenvalue weighted by Gasteiger charge is -2.26. The van der Waals surface area contributed by atoms with Crippen LogP contribution in [0.3, 0.4) is 0 Å². The van der Waals surface area contributed by atoms with E-state index < -0.39 is 24.3 Å². The predicted molar refractivity (Wildman–Crippen MR) is 399 cm³/mol. The van der Waals surface area contributed by atoms with E-state index in [1.165, 1.54) is 302 Å². The first-order valence-corrected chi connectivity index (χ1v) is 40.4. The number of nitrogens with zero attached hydrogens (tertiary/aromatic N) is 1. The van der Waals surface area contributed by atoms with Crippen LogP contribution in [0.15, 0.2) is 60.8 Å². The lowest BCUT2D eigenvalue weighted by molar-refractivity contribution is -0.870. The Labute approximate surface area is 577 Å². The van der Waals surface area contributed by atoms with Crippen LogP contribution in [0.25, 0.3) is 0 Å². The molecular weight excluding hydrogens is 1150 g/mol. The summed E-state index contributed by atoms with van der Waals surface area (Å²) in [7, 11) is 5.95. The number of hydrogen-bond donors (Lipinski definition) is 0. The van der Waals surface area contributed by atoms with Gasteiger partial charge in [0.05, 0.1) is 40.3 Å². The number of carbonyl (C=O) groups is 3. The standard InChI is InChI=1S/C84H155NO8/c1-6-8-10-12-14-16-18-20-22-24-26-28-30-32-34-36-37-38-39-40-41-42-43-44-45-47-49-51-53-55-57-59-61-63-65-67-69-71-73-75-82(87)93-80(79-92-84(83(88)89)90-77-76-85(3,4)5)78-91-81(86)74-72-70-68-66-64-62-60-58-56-54-52-50-48-46-35-33-31-29-27-25-23-21-19-17-15-13-11-9-7-2/h8,10,14,16,20,22,26,28,32,34,80,84H,6-7,9,11-13,15,17-19,21,23-25,27,29-31,33,35-79H2,1-5H3/b10-8-,16-14-,22-20-,28-26-,34-32-. The number of likely N-dealkylation sites (N-methyl/N-ethyl adjacent to an activating group) is 1. The third kappa shape index (κ3) is 76.2. The molecule has 0 saturated carbocycles. The molecule has 0 amide bonds. The molecule has 0 saturated heterocycles. The second-order valence-electron chi connectivity index (χ2n) is 28.7. The van der Waals surface area contributed by atoms with E-state index in [0.29, 0.717) is 17.4 Å².